The van der Waals surface area contributed by atoms with Gasteiger partial charge in [0, 0.05) is 23.0 Å². The number of halogens is 3. The van der Waals surface area contributed by atoms with E-state index in [4.69, 9.17) is 21.1 Å². The molecule has 3 N–H and O–H groups in total. The van der Waals surface area contributed by atoms with Crippen molar-refractivity contribution in [3.05, 3.63) is 76.4 Å². The zero-order valence-electron chi connectivity index (χ0n) is 15.6. The molecule has 0 aliphatic heterocycles. The van der Waals surface area contributed by atoms with Gasteiger partial charge in [-0.15, -0.1) is 0 Å². The summed E-state index contributed by atoms with van der Waals surface area (Å²) in [6.45, 7) is -2.80. The largest absolute Gasteiger partial charge is 0.486 e. The number of nitrogens with zero attached hydrogens (tertiary/aromatic N) is 3. The van der Waals surface area contributed by atoms with Crippen molar-refractivity contribution >= 4 is 11.4 Å². The van der Waals surface area contributed by atoms with Gasteiger partial charge >= 0.3 is 6.55 Å². The minimum absolute atomic E-state index is 0.00182. The molecule has 1 aliphatic rings. The molecule has 3 aromatic rings. The summed E-state index contributed by atoms with van der Waals surface area (Å²) in [6, 6.07) is 9.70. The summed E-state index contributed by atoms with van der Waals surface area (Å²) in [5, 5.41) is 20.8. The third kappa shape index (κ3) is 3.37. The first-order valence-corrected chi connectivity index (χ1v) is 9.08. The monoisotopic (exact) mass is 411 g/mol. The van der Waals surface area contributed by atoms with Gasteiger partial charge in [0.25, 0.3) is 0 Å². The quantitative estimate of drug-likeness (QED) is 0.481. The maximum absolute atomic E-state index is 14.4. The Hall–Kier alpha value is -3.80. The Bertz CT molecular complexity index is 1180. The molecular weight excluding hydrogens is 395 g/mol. The predicted molar refractivity (Wildman–Crippen MR) is 103 cm³/mol. The molecule has 0 saturated carbocycles. The Morgan fingerprint density at radius 3 is 2.83 bits per heavy atom. The molecular formula is C21H16F3N5O. The van der Waals surface area contributed by atoms with Crippen molar-refractivity contribution in [3.63, 3.8) is 0 Å². The number of rotatable bonds is 5. The second-order valence-corrected chi connectivity index (χ2v) is 6.86. The molecule has 0 saturated heterocycles. The molecule has 152 valence electrons. The van der Waals surface area contributed by atoms with E-state index < -0.39 is 18.5 Å². The number of hydrogen-bond acceptors (Lipinski definition) is 5. The van der Waals surface area contributed by atoms with Gasteiger partial charge in [-0.3, -0.25) is 5.41 Å². The molecule has 0 unspecified atom stereocenters. The average molecular weight is 411 g/mol. The van der Waals surface area contributed by atoms with Crippen LogP contribution in [0, 0.1) is 22.6 Å². The number of alkyl halides is 2. The second-order valence-electron chi connectivity index (χ2n) is 6.86. The van der Waals surface area contributed by atoms with Crippen LogP contribution in [0.1, 0.15) is 46.9 Å². The average Bonchev–Trinajstić information content (AvgIpc) is 3.37. The SMILES string of the molecule is N#Cc1ccc2c(c1F)CC[C@@H]2Oc1ccc(N)c(C(=N)c2cnn(C(F)F)c2)c1. The van der Waals surface area contributed by atoms with E-state index in [2.05, 4.69) is 5.10 Å². The van der Waals surface area contributed by atoms with E-state index in [1.807, 2.05) is 6.07 Å². The summed E-state index contributed by atoms with van der Waals surface area (Å²) in [4.78, 5) is 0. The zero-order chi connectivity index (χ0) is 21.4. The fraction of sp³-hybridized carbons (Fsp3) is 0.190. The van der Waals surface area contributed by atoms with E-state index in [0.29, 0.717) is 40.0 Å². The molecule has 1 aliphatic carbocycles. The molecule has 0 fully saturated rings. The van der Waals surface area contributed by atoms with Crippen molar-refractivity contribution in [1.29, 1.82) is 10.7 Å². The van der Waals surface area contributed by atoms with Gasteiger partial charge in [0.1, 0.15) is 23.7 Å². The molecule has 0 radical (unpaired) electrons. The summed E-state index contributed by atoms with van der Waals surface area (Å²) in [7, 11) is 0. The lowest BCUT2D eigenvalue weighted by atomic mass is 10.0. The zero-order valence-corrected chi connectivity index (χ0v) is 15.6. The van der Waals surface area contributed by atoms with Gasteiger partial charge in [-0.1, -0.05) is 6.07 Å². The van der Waals surface area contributed by atoms with Crippen LogP contribution in [-0.4, -0.2) is 15.5 Å². The van der Waals surface area contributed by atoms with Gasteiger partial charge in [0.15, 0.2) is 0 Å². The molecule has 9 heteroatoms. The van der Waals surface area contributed by atoms with E-state index in [9.17, 15) is 13.2 Å². The van der Waals surface area contributed by atoms with Gasteiger partial charge in [-0.05, 0) is 48.2 Å². The Morgan fingerprint density at radius 1 is 1.33 bits per heavy atom. The third-order valence-corrected chi connectivity index (χ3v) is 5.07. The number of nitriles is 1. The number of ether oxygens (including phenoxy) is 1. The van der Waals surface area contributed by atoms with Crippen LogP contribution >= 0.6 is 0 Å². The molecule has 30 heavy (non-hydrogen) atoms. The molecule has 1 atom stereocenters. The van der Waals surface area contributed by atoms with Crippen molar-refractivity contribution in [1.82, 2.24) is 9.78 Å². The number of aromatic nitrogens is 2. The second kappa shape index (κ2) is 7.55. The van der Waals surface area contributed by atoms with E-state index in [0.717, 1.165) is 6.20 Å². The molecule has 0 spiro atoms. The Labute approximate surface area is 169 Å². The summed E-state index contributed by atoms with van der Waals surface area (Å²) in [6.07, 6.45) is 2.83. The fourth-order valence-corrected chi connectivity index (χ4v) is 3.55. The van der Waals surface area contributed by atoms with Crippen LogP contribution in [0.3, 0.4) is 0 Å². The van der Waals surface area contributed by atoms with Crippen LogP contribution in [0.5, 0.6) is 5.75 Å². The number of hydrogen-bond donors (Lipinski definition) is 2. The van der Waals surface area contributed by atoms with Crippen molar-refractivity contribution in [2.75, 3.05) is 5.73 Å². The number of fused-ring (bicyclic) bond motifs is 1. The predicted octanol–water partition coefficient (Wildman–Crippen LogP) is 4.35. The van der Waals surface area contributed by atoms with Gasteiger partial charge in [-0.25, -0.2) is 9.07 Å². The van der Waals surface area contributed by atoms with E-state index in [-0.39, 0.29) is 22.5 Å². The number of nitrogens with one attached hydrogen (secondary N) is 1. The van der Waals surface area contributed by atoms with Crippen molar-refractivity contribution in [3.8, 4) is 11.8 Å². The maximum Gasteiger partial charge on any atom is 0.333 e. The number of nitrogen functional groups attached to an aromatic ring is 1. The normalized spacial score (nSPS) is 15.1. The first-order valence-electron chi connectivity index (χ1n) is 9.08. The summed E-state index contributed by atoms with van der Waals surface area (Å²) in [5.41, 5.74) is 7.85. The lowest BCUT2D eigenvalue weighted by molar-refractivity contribution is 0.0566. The Balaban J connectivity index is 1.60. The number of benzene rings is 2. The number of nitrogens with two attached hydrogens (primary N) is 1. The first-order chi connectivity index (χ1) is 14.4. The molecule has 6 nitrogen and oxygen atoms in total. The van der Waals surface area contributed by atoms with Crippen LogP contribution in [0.4, 0.5) is 18.9 Å². The Kier molecular flexibility index (Phi) is 4.91. The summed E-state index contributed by atoms with van der Waals surface area (Å²) < 4.78 is 46.4. The summed E-state index contributed by atoms with van der Waals surface area (Å²) in [5.74, 6) is -0.107. The molecule has 0 bridgehead atoms. The van der Waals surface area contributed by atoms with Crippen molar-refractivity contribution in [2.24, 2.45) is 0 Å². The maximum atomic E-state index is 14.4. The first kappa shape index (κ1) is 19.5. The van der Waals surface area contributed by atoms with Gasteiger partial charge in [0.05, 0.1) is 17.5 Å². The molecule has 1 aromatic heterocycles. The molecule has 2 aromatic carbocycles. The van der Waals surface area contributed by atoms with E-state index >= 15 is 0 Å². The molecule has 4 rings (SSSR count). The van der Waals surface area contributed by atoms with Crippen LogP contribution in [0.15, 0.2) is 42.7 Å². The fourth-order valence-electron chi connectivity index (χ4n) is 3.55. The molecule has 1 heterocycles. The van der Waals surface area contributed by atoms with Crippen LogP contribution in [-0.2, 0) is 6.42 Å². The van der Waals surface area contributed by atoms with E-state index in [1.165, 1.54) is 12.3 Å². The van der Waals surface area contributed by atoms with Crippen LogP contribution in [0.25, 0.3) is 0 Å². The van der Waals surface area contributed by atoms with Gasteiger partial charge in [-0.2, -0.15) is 19.1 Å². The Morgan fingerprint density at radius 2 is 2.13 bits per heavy atom. The third-order valence-electron chi connectivity index (χ3n) is 5.07. The lowest BCUT2D eigenvalue weighted by Crippen LogP contribution is -2.08. The highest BCUT2D eigenvalue weighted by Gasteiger charge is 2.28. The smallest absolute Gasteiger partial charge is 0.333 e. The van der Waals surface area contributed by atoms with Crippen LogP contribution in [0.2, 0.25) is 0 Å². The van der Waals surface area contributed by atoms with Crippen molar-refractivity contribution in [2.45, 2.75) is 25.5 Å². The van der Waals surface area contributed by atoms with E-state index in [1.54, 1.807) is 24.3 Å². The number of anilines is 1. The van der Waals surface area contributed by atoms with Gasteiger partial charge < -0.3 is 10.5 Å². The van der Waals surface area contributed by atoms with Gasteiger partial charge in [0.2, 0.25) is 0 Å². The van der Waals surface area contributed by atoms with Crippen LogP contribution < -0.4 is 10.5 Å². The molecule has 0 amide bonds. The lowest BCUT2D eigenvalue weighted by Gasteiger charge is -2.17. The minimum Gasteiger partial charge on any atom is -0.486 e. The minimum atomic E-state index is -2.80. The summed E-state index contributed by atoms with van der Waals surface area (Å²) >= 11 is 0. The standard InChI is InChI=1S/C21H16F3N5O/c22-19-11(8-25)1-3-14-15(19)4-6-18(14)30-13-2-5-17(26)16(7-13)20(27)12-9-28-29(10-12)21(23)24/h1-3,5,7,9-10,18,21,27H,4,6,26H2/t18-/m0/s1. The highest BCUT2D eigenvalue weighted by Crippen LogP contribution is 2.37. The highest BCUT2D eigenvalue weighted by atomic mass is 19.3. The van der Waals surface area contributed by atoms with Crippen molar-refractivity contribution < 1.29 is 17.9 Å². The topological polar surface area (TPSA) is 101 Å². The highest BCUT2D eigenvalue weighted by molar-refractivity contribution is 6.13.